The molecule has 100 valence electrons. The van der Waals surface area contributed by atoms with Crippen LogP contribution in [0, 0.1) is 12.7 Å². The largest absolute Gasteiger partial charge is 0.478 e. The standard InChI is InChI=1S/C12H12FN3O3/c1-7-15-11(16-19-7)6-14-5-8-2-3-9(12(17)18)10(13)4-8/h2-4,14H,5-6H2,1H3,(H,17,18). The molecule has 0 bridgehead atoms. The minimum Gasteiger partial charge on any atom is -0.478 e. The van der Waals surface area contributed by atoms with Crippen LogP contribution in [0.15, 0.2) is 22.7 Å². The summed E-state index contributed by atoms with van der Waals surface area (Å²) in [5.74, 6) is -1.03. The van der Waals surface area contributed by atoms with Gasteiger partial charge >= 0.3 is 5.97 Å². The van der Waals surface area contributed by atoms with E-state index in [1.807, 2.05) is 0 Å². The number of carboxylic acids is 1. The molecule has 1 aromatic heterocycles. The Balaban J connectivity index is 1.93. The van der Waals surface area contributed by atoms with Gasteiger partial charge in [0.15, 0.2) is 5.82 Å². The lowest BCUT2D eigenvalue weighted by Crippen LogP contribution is -2.14. The van der Waals surface area contributed by atoms with Gasteiger partial charge in [-0.3, -0.25) is 0 Å². The number of carbonyl (C=O) groups is 1. The first kappa shape index (κ1) is 13.2. The van der Waals surface area contributed by atoms with Gasteiger partial charge in [-0.05, 0) is 17.7 Å². The van der Waals surface area contributed by atoms with Gasteiger partial charge in [0.2, 0.25) is 5.89 Å². The van der Waals surface area contributed by atoms with Crippen LogP contribution in [0.5, 0.6) is 0 Å². The van der Waals surface area contributed by atoms with E-state index in [-0.39, 0.29) is 5.56 Å². The zero-order valence-corrected chi connectivity index (χ0v) is 10.2. The Kier molecular flexibility index (Phi) is 3.86. The topological polar surface area (TPSA) is 88.2 Å². The second-order valence-corrected chi connectivity index (χ2v) is 3.95. The summed E-state index contributed by atoms with van der Waals surface area (Å²) in [5.41, 5.74) is 0.306. The van der Waals surface area contributed by atoms with Crippen LogP contribution in [0.2, 0.25) is 0 Å². The van der Waals surface area contributed by atoms with Crippen molar-refractivity contribution in [3.05, 3.63) is 46.9 Å². The van der Waals surface area contributed by atoms with E-state index in [1.165, 1.54) is 12.1 Å². The zero-order valence-electron chi connectivity index (χ0n) is 10.2. The molecule has 0 aliphatic rings. The summed E-state index contributed by atoms with van der Waals surface area (Å²) in [6.45, 7) is 2.46. The first-order valence-corrected chi connectivity index (χ1v) is 5.58. The van der Waals surface area contributed by atoms with Crippen LogP contribution in [0.1, 0.15) is 27.6 Å². The van der Waals surface area contributed by atoms with Gasteiger partial charge < -0.3 is 14.9 Å². The van der Waals surface area contributed by atoms with Crippen molar-refractivity contribution in [3.63, 3.8) is 0 Å². The van der Waals surface area contributed by atoms with Crippen LogP contribution >= 0.6 is 0 Å². The van der Waals surface area contributed by atoms with E-state index in [4.69, 9.17) is 9.63 Å². The normalized spacial score (nSPS) is 10.6. The van der Waals surface area contributed by atoms with Crippen molar-refractivity contribution in [2.45, 2.75) is 20.0 Å². The molecule has 7 heteroatoms. The van der Waals surface area contributed by atoms with E-state index in [1.54, 1.807) is 13.0 Å². The van der Waals surface area contributed by atoms with Gasteiger partial charge in [0.05, 0.1) is 12.1 Å². The molecule has 0 aliphatic carbocycles. The molecule has 2 aromatic rings. The first-order valence-electron chi connectivity index (χ1n) is 5.58. The molecule has 0 unspecified atom stereocenters. The first-order chi connectivity index (χ1) is 9.06. The fraction of sp³-hybridized carbons (Fsp3) is 0.250. The van der Waals surface area contributed by atoms with Crippen molar-refractivity contribution in [1.29, 1.82) is 0 Å². The van der Waals surface area contributed by atoms with Crippen molar-refractivity contribution in [2.75, 3.05) is 0 Å². The van der Waals surface area contributed by atoms with Crippen LogP contribution in [0.4, 0.5) is 4.39 Å². The molecular formula is C12H12FN3O3. The Morgan fingerprint density at radius 2 is 2.26 bits per heavy atom. The van der Waals surface area contributed by atoms with Crippen LogP contribution in [-0.4, -0.2) is 21.2 Å². The van der Waals surface area contributed by atoms with E-state index < -0.39 is 11.8 Å². The van der Waals surface area contributed by atoms with Gasteiger partial charge in [0.1, 0.15) is 5.82 Å². The summed E-state index contributed by atoms with van der Waals surface area (Å²) in [7, 11) is 0. The average Bonchev–Trinajstić information content (AvgIpc) is 2.75. The van der Waals surface area contributed by atoms with Crippen molar-refractivity contribution in [2.24, 2.45) is 0 Å². The molecule has 0 fully saturated rings. The number of hydrogen-bond acceptors (Lipinski definition) is 5. The highest BCUT2D eigenvalue weighted by Gasteiger charge is 2.10. The van der Waals surface area contributed by atoms with E-state index in [0.29, 0.717) is 30.4 Å². The van der Waals surface area contributed by atoms with E-state index >= 15 is 0 Å². The Hall–Kier alpha value is -2.28. The minimum absolute atomic E-state index is 0.336. The van der Waals surface area contributed by atoms with Crippen LogP contribution in [-0.2, 0) is 13.1 Å². The van der Waals surface area contributed by atoms with E-state index in [2.05, 4.69) is 15.5 Å². The molecule has 1 heterocycles. The summed E-state index contributed by atoms with van der Waals surface area (Å²) in [6, 6.07) is 3.99. The Bertz CT molecular complexity index is 598. The third-order valence-corrected chi connectivity index (χ3v) is 2.45. The molecule has 0 spiro atoms. The highest BCUT2D eigenvalue weighted by molar-refractivity contribution is 5.87. The molecule has 6 nitrogen and oxygen atoms in total. The molecule has 0 amide bonds. The van der Waals surface area contributed by atoms with E-state index in [0.717, 1.165) is 0 Å². The number of aromatic carboxylic acids is 1. The van der Waals surface area contributed by atoms with Gasteiger partial charge in [-0.15, -0.1) is 0 Å². The summed E-state index contributed by atoms with van der Waals surface area (Å²) < 4.78 is 18.2. The van der Waals surface area contributed by atoms with Crippen molar-refractivity contribution in [3.8, 4) is 0 Å². The number of benzene rings is 1. The fourth-order valence-corrected chi connectivity index (χ4v) is 1.57. The smallest absolute Gasteiger partial charge is 0.338 e. The highest BCUT2D eigenvalue weighted by atomic mass is 19.1. The van der Waals surface area contributed by atoms with Crippen LogP contribution in [0.3, 0.4) is 0 Å². The second kappa shape index (κ2) is 5.57. The molecule has 2 N–H and O–H groups in total. The number of aromatic nitrogens is 2. The Morgan fingerprint density at radius 1 is 1.47 bits per heavy atom. The average molecular weight is 265 g/mol. The number of carboxylic acid groups (broad SMARTS) is 1. The Morgan fingerprint density at radius 3 is 2.84 bits per heavy atom. The monoisotopic (exact) mass is 265 g/mol. The molecule has 0 aliphatic heterocycles. The lowest BCUT2D eigenvalue weighted by molar-refractivity contribution is 0.0692. The highest BCUT2D eigenvalue weighted by Crippen LogP contribution is 2.10. The maximum Gasteiger partial charge on any atom is 0.338 e. The molecular weight excluding hydrogens is 253 g/mol. The maximum atomic E-state index is 13.4. The van der Waals surface area contributed by atoms with Crippen molar-refractivity contribution >= 4 is 5.97 Å². The summed E-state index contributed by atoms with van der Waals surface area (Å²) in [5, 5.41) is 15.4. The number of hydrogen-bond donors (Lipinski definition) is 2. The number of aryl methyl sites for hydroxylation is 1. The van der Waals surface area contributed by atoms with Crippen LogP contribution < -0.4 is 5.32 Å². The summed E-state index contributed by atoms with van der Waals surface area (Å²) >= 11 is 0. The molecule has 1 aromatic carbocycles. The fourth-order valence-electron chi connectivity index (χ4n) is 1.57. The molecule has 0 saturated heterocycles. The van der Waals surface area contributed by atoms with Crippen molar-refractivity contribution in [1.82, 2.24) is 15.5 Å². The third kappa shape index (κ3) is 3.35. The van der Waals surface area contributed by atoms with Gasteiger partial charge in [-0.2, -0.15) is 4.98 Å². The number of nitrogens with one attached hydrogen (secondary N) is 1. The summed E-state index contributed by atoms with van der Waals surface area (Å²) in [6.07, 6.45) is 0. The van der Waals surface area contributed by atoms with E-state index in [9.17, 15) is 9.18 Å². The summed E-state index contributed by atoms with van der Waals surface area (Å²) in [4.78, 5) is 14.7. The molecule has 19 heavy (non-hydrogen) atoms. The maximum absolute atomic E-state index is 13.4. The number of halogens is 1. The van der Waals surface area contributed by atoms with Gasteiger partial charge in [-0.25, -0.2) is 9.18 Å². The number of nitrogens with zero attached hydrogens (tertiary/aromatic N) is 2. The van der Waals surface area contributed by atoms with Gasteiger partial charge in [-0.1, -0.05) is 11.2 Å². The molecule has 0 radical (unpaired) electrons. The SMILES string of the molecule is Cc1nc(CNCc2ccc(C(=O)O)c(F)c2)no1. The zero-order chi connectivity index (χ0) is 13.8. The molecule has 0 atom stereocenters. The second-order valence-electron chi connectivity index (χ2n) is 3.95. The number of rotatable bonds is 5. The van der Waals surface area contributed by atoms with Crippen LogP contribution in [0.25, 0.3) is 0 Å². The molecule has 0 saturated carbocycles. The lowest BCUT2D eigenvalue weighted by Gasteiger charge is -2.04. The predicted octanol–water partition coefficient (Wildman–Crippen LogP) is 1.51. The minimum atomic E-state index is -1.28. The predicted molar refractivity (Wildman–Crippen MR) is 62.9 cm³/mol. The van der Waals surface area contributed by atoms with Crippen molar-refractivity contribution < 1.29 is 18.8 Å². The third-order valence-electron chi connectivity index (χ3n) is 2.45. The quantitative estimate of drug-likeness (QED) is 0.851. The van der Waals surface area contributed by atoms with Gasteiger partial charge in [0, 0.05) is 13.5 Å². The van der Waals surface area contributed by atoms with Gasteiger partial charge in [0.25, 0.3) is 0 Å². The lowest BCUT2D eigenvalue weighted by atomic mass is 10.1. The Labute approximate surface area is 108 Å². The molecule has 2 rings (SSSR count).